The molecule has 1 unspecified atom stereocenters. The van der Waals surface area contributed by atoms with Crippen molar-refractivity contribution in [2.75, 3.05) is 26.2 Å². The highest BCUT2D eigenvalue weighted by atomic mass is 16.2. The largest absolute Gasteiger partial charge is 0.337 e. The second-order valence-corrected chi connectivity index (χ2v) is 9.03. The van der Waals surface area contributed by atoms with Crippen LogP contribution in [-0.2, 0) is 13.6 Å². The highest BCUT2D eigenvalue weighted by molar-refractivity contribution is 5.92. The number of nitrogens with zero attached hydrogens (tertiary/aromatic N) is 4. The predicted octanol–water partition coefficient (Wildman–Crippen LogP) is 3.67. The highest BCUT2D eigenvalue weighted by Gasteiger charge is 2.43. The zero-order chi connectivity index (χ0) is 19.7. The Balaban J connectivity index is 1.39. The van der Waals surface area contributed by atoms with E-state index in [2.05, 4.69) is 48.1 Å². The van der Waals surface area contributed by atoms with Crippen LogP contribution in [0.2, 0.25) is 0 Å². The molecule has 2 saturated heterocycles. The quantitative estimate of drug-likeness (QED) is 0.813. The number of aromatic nitrogens is 2. The van der Waals surface area contributed by atoms with E-state index in [0.717, 1.165) is 39.1 Å². The molecule has 0 aliphatic carbocycles. The molecule has 5 nitrogen and oxygen atoms in total. The Labute approximate surface area is 168 Å². The molecule has 1 amide bonds. The van der Waals surface area contributed by atoms with Crippen molar-refractivity contribution in [2.45, 2.75) is 45.6 Å². The average molecular weight is 381 g/mol. The standard InChI is InChI=1S/C23H32N4O/c1-18(2)20-7-5-19(6-8-20)15-26-13-4-10-23(16-26)11-14-27(17-23)22(28)21-9-12-24-25(21)3/h5-9,12,18H,4,10-11,13-17H2,1-3H3. The first-order chi connectivity index (χ1) is 13.5. The lowest BCUT2D eigenvalue weighted by atomic mass is 9.79. The van der Waals surface area contributed by atoms with Gasteiger partial charge in [0, 0.05) is 44.8 Å². The van der Waals surface area contributed by atoms with Gasteiger partial charge in [-0.2, -0.15) is 5.10 Å². The van der Waals surface area contributed by atoms with Gasteiger partial charge in [0.2, 0.25) is 0 Å². The van der Waals surface area contributed by atoms with Crippen molar-refractivity contribution in [3.8, 4) is 0 Å². The molecular weight excluding hydrogens is 348 g/mol. The van der Waals surface area contributed by atoms with E-state index in [1.54, 1.807) is 10.9 Å². The number of rotatable bonds is 4. The van der Waals surface area contributed by atoms with Gasteiger partial charge in [-0.15, -0.1) is 0 Å². The molecule has 150 valence electrons. The van der Waals surface area contributed by atoms with Gasteiger partial charge in [0.1, 0.15) is 5.69 Å². The molecule has 4 rings (SSSR count). The first kappa shape index (κ1) is 19.2. The van der Waals surface area contributed by atoms with Crippen LogP contribution in [0.5, 0.6) is 0 Å². The van der Waals surface area contributed by atoms with Gasteiger partial charge >= 0.3 is 0 Å². The number of piperidine rings is 1. The molecule has 2 aromatic rings. The van der Waals surface area contributed by atoms with Crippen LogP contribution in [0.3, 0.4) is 0 Å². The number of hydrogen-bond donors (Lipinski definition) is 0. The van der Waals surface area contributed by atoms with Crippen molar-refractivity contribution in [3.63, 3.8) is 0 Å². The lowest BCUT2D eigenvalue weighted by molar-refractivity contribution is 0.0667. The fraction of sp³-hybridized carbons (Fsp3) is 0.565. The van der Waals surface area contributed by atoms with E-state index in [1.165, 1.54) is 24.0 Å². The zero-order valence-corrected chi connectivity index (χ0v) is 17.4. The van der Waals surface area contributed by atoms with Crippen molar-refractivity contribution in [1.82, 2.24) is 19.6 Å². The summed E-state index contributed by atoms with van der Waals surface area (Å²) in [7, 11) is 1.84. The minimum absolute atomic E-state index is 0.123. The van der Waals surface area contributed by atoms with E-state index in [-0.39, 0.29) is 11.3 Å². The molecule has 1 atom stereocenters. The first-order valence-corrected chi connectivity index (χ1v) is 10.5. The van der Waals surface area contributed by atoms with Crippen LogP contribution in [-0.4, -0.2) is 51.7 Å². The Morgan fingerprint density at radius 1 is 1.11 bits per heavy atom. The molecule has 28 heavy (non-hydrogen) atoms. The van der Waals surface area contributed by atoms with Crippen LogP contribution < -0.4 is 0 Å². The van der Waals surface area contributed by atoms with Gasteiger partial charge in [-0.3, -0.25) is 14.4 Å². The summed E-state index contributed by atoms with van der Waals surface area (Å²) in [5.74, 6) is 0.701. The van der Waals surface area contributed by atoms with Gasteiger partial charge in [0.05, 0.1) is 0 Å². The molecular formula is C23H32N4O. The van der Waals surface area contributed by atoms with Crippen LogP contribution in [0, 0.1) is 5.41 Å². The number of aryl methyl sites for hydroxylation is 1. The van der Waals surface area contributed by atoms with Crippen LogP contribution in [0.4, 0.5) is 0 Å². The number of amides is 1. The molecule has 5 heteroatoms. The van der Waals surface area contributed by atoms with E-state index >= 15 is 0 Å². The van der Waals surface area contributed by atoms with Crippen LogP contribution in [0.1, 0.15) is 60.6 Å². The summed E-state index contributed by atoms with van der Waals surface area (Å²) in [6, 6.07) is 10.9. The van der Waals surface area contributed by atoms with E-state index < -0.39 is 0 Å². The lowest BCUT2D eigenvalue weighted by Gasteiger charge is -2.40. The Morgan fingerprint density at radius 3 is 2.57 bits per heavy atom. The molecule has 1 spiro atoms. The third-order valence-electron chi connectivity index (χ3n) is 6.56. The molecule has 0 radical (unpaired) electrons. The van der Waals surface area contributed by atoms with Crippen molar-refractivity contribution < 1.29 is 4.79 Å². The van der Waals surface area contributed by atoms with Gasteiger partial charge in [0.25, 0.3) is 5.91 Å². The smallest absolute Gasteiger partial charge is 0.272 e. The number of carbonyl (C=O) groups is 1. The normalized spacial score (nSPS) is 23.1. The summed E-state index contributed by atoms with van der Waals surface area (Å²) in [6.07, 6.45) is 5.26. The Kier molecular flexibility index (Phi) is 5.28. The molecule has 0 bridgehead atoms. The van der Waals surface area contributed by atoms with E-state index in [0.29, 0.717) is 11.6 Å². The molecule has 2 aliphatic heterocycles. The number of hydrogen-bond acceptors (Lipinski definition) is 3. The molecule has 1 aromatic heterocycles. The van der Waals surface area contributed by atoms with E-state index in [1.807, 2.05) is 18.0 Å². The molecule has 1 aromatic carbocycles. The van der Waals surface area contributed by atoms with Crippen molar-refractivity contribution in [1.29, 1.82) is 0 Å². The van der Waals surface area contributed by atoms with Crippen LogP contribution in [0.15, 0.2) is 36.5 Å². The van der Waals surface area contributed by atoms with Crippen LogP contribution in [0.25, 0.3) is 0 Å². The summed E-state index contributed by atoms with van der Waals surface area (Å²) in [4.78, 5) is 17.5. The summed E-state index contributed by atoms with van der Waals surface area (Å²) >= 11 is 0. The maximum atomic E-state index is 12.9. The van der Waals surface area contributed by atoms with Gasteiger partial charge in [0.15, 0.2) is 0 Å². The van der Waals surface area contributed by atoms with E-state index in [4.69, 9.17) is 0 Å². The molecule has 3 heterocycles. The third kappa shape index (κ3) is 3.86. The maximum Gasteiger partial charge on any atom is 0.272 e. The fourth-order valence-corrected chi connectivity index (χ4v) is 4.90. The van der Waals surface area contributed by atoms with Gasteiger partial charge in [-0.1, -0.05) is 38.1 Å². The highest BCUT2D eigenvalue weighted by Crippen LogP contribution is 2.39. The van der Waals surface area contributed by atoms with E-state index in [9.17, 15) is 4.79 Å². The summed E-state index contributed by atoms with van der Waals surface area (Å²) in [6.45, 7) is 9.47. The second-order valence-electron chi connectivity index (χ2n) is 9.03. The third-order valence-corrected chi connectivity index (χ3v) is 6.56. The topological polar surface area (TPSA) is 41.4 Å². The Bertz CT molecular complexity index is 825. The van der Waals surface area contributed by atoms with Crippen molar-refractivity contribution in [2.24, 2.45) is 12.5 Å². The SMILES string of the molecule is CC(C)c1ccc(CN2CCCC3(CCN(C(=O)c4ccnn4C)C3)C2)cc1. The number of benzene rings is 1. The average Bonchev–Trinajstić information content (AvgIpc) is 3.28. The summed E-state index contributed by atoms with van der Waals surface area (Å²) in [5.41, 5.74) is 3.74. The zero-order valence-electron chi connectivity index (χ0n) is 17.4. The fourth-order valence-electron chi connectivity index (χ4n) is 4.90. The van der Waals surface area contributed by atoms with Gasteiger partial charge in [-0.05, 0) is 48.9 Å². The minimum atomic E-state index is 0.123. The molecule has 2 fully saturated rings. The second kappa shape index (κ2) is 7.70. The molecule has 0 N–H and O–H groups in total. The Hall–Kier alpha value is -2.14. The predicted molar refractivity (Wildman–Crippen MR) is 111 cm³/mol. The number of carbonyl (C=O) groups excluding carboxylic acids is 1. The summed E-state index contributed by atoms with van der Waals surface area (Å²) < 4.78 is 1.68. The number of likely N-dealkylation sites (tertiary alicyclic amines) is 2. The van der Waals surface area contributed by atoms with Gasteiger partial charge < -0.3 is 4.90 Å². The first-order valence-electron chi connectivity index (χ1n) is 10.5. The van der Waals surface area contributed by atoms with Crippen LogP contribution >= 0.6 is 0 Å². The van der Waals surface area contributed by atoms with Crippen molar-refractivity contribution >= 4 is 5.91 Å². The Morgan fingerprint density at radius 2 is 1.89 bits per heavy atom. The summed E-state index contributed by atoms with van der Waals surface area (Å²) in [5, 5.41) is 4.15. The molecule has 2 aliphatic rings. The lowest BCUT2D eigenvalue weighted by Crippen LogP contribution is -2.45. The van der Waals surface area contributed by atoms with Gasteiger partial charge in [-0.25, -0.2) is 0 Å². The maximum absolute atomic E-state index is 12.9. The monoisotopic (exact) mass is 380 g/mol. The molecule has 0 saturated carbocycles. The minimum Gasteiger partial charge on any atom is -0.337 e. The van der Waals surface area contributed by atoms with Crippen molar-refractivity contribution in [3.05, 3.63) is 53.3 Å².